The van der Waals surface area contributed by atoms with Crippen LogP contribution < -0.4 is 5.43 Å². The van der Waals surface area contributed by atoms with Gasteiger partial charge in [0.2, 0.25) is 0 Å². The van der Waals surface area contributed by atoms with Gasteiger partial charge in [0.05, 0.1) is 0 Å². The molecule has 0 saturated heterocycles. The summed E-state index contributed by atoms with van der Waals surface area (Å²) >= 11 is 0. The SMILES string of the molecule is CCN(CC)NCC(C)(C)C. The van der Waals surface area contributed by atoms with Crippen LogP contribution >= 0.6 is 0 Å². The van der Waals surface area contributed by atoms with Crippen molar-refractivity contribution in [3.8, 4) is 0 Å². The van der Waals surface area contributed by atoms with Crippen LogP contribution in [0, 0.1) is 5.41 Å². The van der Waals surface area contributed by atoms with E-state index in [4.69, 9.17) is 0 Å². The Labute approximate surface area is 70.9 Å². The molecule has 0 aromatic rings. The molecule has 0 saturated carbocycles. The van der Waals surface area contributed by atoms with E-state index in [0.717, 1.165) is 19.6 Å². The first kappa shape index (κ1) is 10.9. The summed E-state index contributed by atoms with van der Waals surface area (Å²) in [6, 6.07) is 0. The second-order valence-corrected chi connectivity index (χ2v) is 4.07. The molecule has 0 spiro atoms. The Bertz CT molecular complexity index is 90.2. The third-order valence-corrected chi connectivity index (χ3v) is 1.60. The number of nitrogens with one attached hydrogen (secondary N) is 1. The minimum Gasteiger partial charge on any atom is -0.255 e. The highest BCUT2D eigenvalue weighted by Gasteiger charge is 2.10. The zero-order valence-corrected chi connectivity index (χ0v) is 8.57. The number of hydrogen-bond acceptors (Lipinski definition) is 2. The smallest absolute Gasteiger partial charge is 0.0151 e. The molecule has 0 radical (unpaired) electrons. The highest BCUT2D eigenvalue weighted by atomic mass is 15.5. The Morgan fingerprint density at radius 3 is 1.82 bits per heavy atom. The zero-order valence-electron chi connectivity index (χ0n) is 8.57. The Balaban J connectivity index is 3.51. The number of rotatable bonds is 4. The standard InChI is InChI=1S/C9H22N2/c1-6-11(7-2)10-8-9(3,4)5/h10H,6-8H2,1-5H3. The second kappa shape index (κ2) is 4.73. The number of hydrogen-bond donors (Lipinski definition) is 1. The molecule has 0 unspecified atom stereocenters. The van der Waals surface area contributed by atoms with Gasteiger partial charge in [0.25, 0.3) is 0 Å². The van der Waals surface area contributed by atoms with Gasteiger partial charge in [-0.3, -0.25) is 5.43 Å². The van der Waals surface area contributed by atoms with Crippen molar-refractivity contribution in [2.75, 3.05) is 19.6 Å². The van der Waals surface area contributed by atoms with Gasteiger partial charge in [-0.25, -0.2) is 5.01 Å². The van der Waals surface area contributed by atoms with Crippen LogP contribution in [-0.4, -0.2) is 24.6 Å². The van der Waals surface area contributed by atoms with Gasteiger partial charge in [-0.1, -0.05) is 34.6 Å². The predicted molar refractivity (Wildman–Crippen MR) is 50.4 cm³/mol. The van der Waals surface area contributed by atoms with Crippen LogP contribution in [-0.2, 0) is 0 Å². The van der Waals surface area contributed by atoms with Gasteiger partial charge in [-0.05, 0) is 5.41 Å². The van der Waals surface area contributed by atoms with Crippen LogP contribution in [0.15, 0.2) is 0 Å². The fourth-order valence-corrected chi connectivity index (χ4v) is 0.796. The van der Waals surface area contributed by atoms with Crippen molar-refractivity contribution in [1.29, 1.82) is 0 Å². The molecule has 0 rings (SSSR count). The Morgan fingerprint density at radius 1 is 1.09 bits per heavy atom. The van der Waals surface area contributed by atoms with Gasteiger partial charge < -0.3 is 0 Å². The molecular formula is C9H22N2. The van der Waals surface area contributed by atoms with Gasteiger partial charge in [-0.15, -0.1) is 0 Å². The summed E-state index contributed by atoms with van der Waals surface area (Å²) in [5, 5.41) is 2.23. The number of nitrogens with zero attached hydrogens (tertiary/aromatic N) is 1. The first-order valence-corrected chi connectivity index (χ1v) is 4.48. The van der Waals surface area contributed by atoms with E-state index in [-0.39, 0.29) is 0 Å². The molecule has 0 aliphatic rings. The Kier molecular flexibility index (Phi) is 4.69. The maximum Gasteiger partial charge on any atom is 0.0151 e. The minimum atomic E-state index is 0.378. The molecule has 2 nitrogen and oxygen atoms in total. The van der Waals surface area contributed by atoms with Gasteiger partial charge >= 0.3 is 0 Å². The van der Waals surface area contributed by atoms with E-state index in [1.165, 1.54) is 0 Å². The maximum atomic E-state index is 3.39. The lowest BCUT2D eigenvalue weighted by Gasteiger charge is -2.25. The third kappa shape index (κ3) is 6.32. The van der Waals surface area contributed by atoms with Crippen molar-refractivity contribution in [2.24, 2.45) is 5.41 Å². The van der Waals surface area contributed by atoms with Crippen molar-refractivity contribution in [3.63, 3.8) is 0 Å². The van der Waals surface area contributed by atoms with E-state index in [9.17, 15) is 0 Å². The molecule has 68 valence electrons. The molecular weight excluding hydrogens is 136 g/mol. The largest absolute Gasteiger partial charge is 0.255 e. The van der Waals surface area contributed by atoms with Crippen LogP contribution in [0.5, 0.6) is 0 Å². The fraction of sp³-hybridized carbons (Fsp3) is 1.00. The van der Waals surface area contributed by atoms with Gasteiger partial charge in [-0.2, -0.15) is 0 Å². The molecule has 0 bridgehead atoms. The number of hydrazine groups is 1. The van der Waals surface area contributed by atoms with Crippen LogP contribution in [0.25, 0.3) is 0 Å². The molecule has 1 N–H and O–H groups in total. The van der Waals surface area contributed by atoms with Gasteiger partial charge in [0, 0.05) is 19.6 Å². The van der Waals surface area contributed by atoms with Crippen LogP contribution in [0.4, 0.5) is 0 Å². The summed E-state index contributed by atoms with van der Waals surface area (Å²) in [5.74, 6) is 0. The van der Waals surface area contributed by atoms with E-state index in [1.54, 1.807) is 0 Å². The zero-order chi connectivity index (χ0) is 8.91. The fourth-order valence-electron chi connectivity index (χ4n) is 0.796. The summed E-state index contributed by atoms with van der Waals surface area (Å²) in [7, 11) is 0. The van der Waals surface area contributed by atoms with Crippen LogP contribution in [0.3, 0.4) is 0 Å². The average Bonchev–Trinajstić information content (AvgIpc) is 1.88. The molecule has 0 heterocycles. The average molecular weight is 158 g/mol. The molecule has 0 aliphatic carbocycles. The van der Waals surface area contributed by atoms with E-state index in [1.807, 2.05) is 0 Å². The molecule has 0 aromatic carbocycles. The second-order valence-electron chi connectivity index (χ2n) is 4.07. The molecule has 11 heavy (non-hydrogen) atoms. The van der Waals surface area contributed by atoms with E-state index in [0.29, 0.717) is 5.41 Å². The summed E-state index contributed by atoms with van der Waals surface area (Å²) in [6.45, 7) is 14.3. The highest BCUT2D eigenvalue weighted by molar-refractivity contribution is 4.63. The monoisotopic (exact) mass is 158 g/mol. The summed E-state index contributed by atoms with van der Waals surface area (Å²) < 4.78 is 0. The first-order valence-electron chi connectivity index (χ1n) is 4.48. The summed E-state index contributed by atoms with van der Waals surface area (Å²) in [6.07, 6.45) is 0. The molecule has 0 aromatic heterocycles. The van der Waals surface area contributed by atoms with Crippen LogP contribution in [0.2, 0.25) is 0 Å². The lowest BCUT2D eigenvalue weighted by Crippen LogP contribution is -2.42. The summed E-state index contributed by atoms with van der Waals surface area (Å²) in [5.41, 5.74) is 3.77. The van der Waals surface area contributed by atoms with Crippen LogP contribution in [0.1, 0.15) is 34.6 Å². The molecule has 2 heteroatoms. The molecule has 0 atom stereocenters. The minimum absolute atomic E-state index is 0.378. The van der Waals surface area contributed by atoms with E-state index in [2.05, 4.69) is 45.1 Å². The van der Waals surface area contributed by atoms with Crippen molar-refractivity contribution < 1.29 is 0 Å². The lowest BCUT2D eigenvalue weighted by molar-refractivity contribution is 0.174. The third-order valence-electron chi connectivity index (χ3n) is 1.60. The topological polar surface area (TPSA) is 15.3 Å². The Hall–Kier alpha value is -0.0800. The molecule has 0 amide bonds. The quantitative estimate of drug-likeness (QED) is 0.628. The van der Waals surface area contributed by atoms with E-state index >= 15 is 0 Å². The predicted octanol–water partition coefficient (Wildman–Crippen LogP) is 1.88. The summed E-state index contributed by atoms with van der Waals surface area (Å²) in [4.78, 5) is 0. The van der Waals surface area contributed by atoms with Crippen molar-refractivity contribution in [2.45, 2.75) is 34.6 Å². The lowest BCUT2D eigenvalue weighted by atomic mass is 9.97. The van der Waals surface area contributed by atoms with Crippen molar-refractivity contribution >= 4 is 0 Å². The highest BCUT2D eigenvalue weighted by Crippen LogP contribution is 2.10. The van der Waals surface area contributed by atoms with Crippen molar-refractivity contribution in [3.05, 3.63) is 0 Å². The molecule has 0 fully saturated rings. The van der Waals surface area contributed by atoms with Gasteiger partial charge in [0.15, 0.2) is 0 Å². The first-order chi connectivity index (χ1) is 4.99. The Morgan fingerprint density at radius 2 is 1.55 bits per heavy atom. The van der Waals surface area contributed by atoms with E-state index < -0.39 is 0 Å². The maximum absolute atomic E-state index is 3.39. The van der Waals surface area contributed by atoms with Gasteiger partial charge in [0.1, 0.15) is 0 Å². The normalized spacial score (nSPS) is 12.5. The van der Waals surface area contributed by atoms with Crippen molar-refractivity contribution in [1.82, 2.24) is 10.4 Å². The molecule has 0 aliphatic heterocycles.